The predicted molar refractivity (Wildman–Crippen MR) is 409 cm³/mol. The fraction of sp³-hybridized carbons (Fsp3) is 0.400. The van der Waals surface area contributed by atoms with Gasteiger partial charge in [-0.25, -0.2) is 0 Å². The quantitative estimate of drug-likeness (QED) is 0.0304. The maximum Gasteiger partial charge on any atom is 0.129 e. The van der Waals surface area contributed by atoms with E-state index in [9.17, 15) is 0 Å². The molecule has 0 saturated carbocycles. The molecule has 0 aliphatic rings. The Kier molecular flexibility index (Phi) is 32.5. The molecule has 0 bridgehead atoms. The first-order valence-corrected chi connectivity index (χ1v) is 37.3. The highest BCUT2D eigenvalue weighted by Gasteiger charge is 2.55. The van der Waals surface area contributed by atoms with E-state index in [0.29, 0.717) is 18.1 Å². The van der Waals surface area contributed by atoms with E-state index >= 15 is 0 Å². The SMILES string of the molecule is CCCCC(c1ccccc1)(c1ccccc1)C(c1ccccc1)[N+](CC)(CC)CC.CCCCC(c1ccccc1)(c1ccccc1)C(c1ccccc1)[N+](CC)(CC)CC.CCCCC(c1ccccc1)(c1ccccc1)C(c1ccccc1)[N+](CC)(CC)CC.[O-]B([O-])[O-]. The molecule has 97 heavy (non-hydrogen) atoms. The molecule has 0 aromatic heterocycles. The van der Waals surface area contributed by atoms with E-state index in [2.05, 4.69) is 356 Å². The average Bonchev–Trinajstić information content (AvgIpc) is 0.745. The van der Waals surface area contributed by atoms with Crippen LogP contribution in [0, 0.1) is 0 Å². The summed E-state index contributed by atoms with van der Waals surface area (Å²) in [5.74, 6) is 0. The summed E-state index contributed by atoms with van der Waals surface area (Å²) in [6, 6.07) is 103. The number of rotatable bonds is 33. The Morgan fingerprint density at radius 1 is 0.237 bits per heavy atom. The first-order valence-electron chi connectivity index (χ1n) is 37.3. The highest BCUT2D eigenvalue weighted by molar-refractivity contribution is 6.24. The Bertz CT molecular complexity index is 2950. The molecule has 7 heteroatoms. The van der Waals surface area contributed by atoms with E-state index in [-0.39, 0.29) is 16.2 Å². The molecule has 9 aromatic rings. The van der Waals surface area contributed by atoms with Gasteiger partial charge in [0.1, 0.15) is 18.1 Å². The largest absolute Gasteiger partial charge is 0.907 e. The average molecular weight is 1300 g/mol. The maximum absolute atomic E-state index is 8.42. The van der Waals surface area contributed by atoms with Crippen LogP contribution in [0.25, 0.3) is 0 Å². The molecule has 9 aromatic carbocycles. The van der Waals surface area contributed by atoms with Gasteiger partial charge in [-0.3, -0.25) is 7.32 Å². The number of hydrogen-bond acceptors (Lipinski definition) is 3. The van der Waals surface area contributed by atoms with Gasteiger partial charge in [0.15, 0.2) is 0 Å². The standard InChI is InChI=1S/3C30H40N.BO3/c3*1-5-9-25-30(27-21-15-11-16-22-27,28-23-17-12-18-24-28)29(26-19-13-10-14-20-26)31(6-2,7-3)8-4;2-1(3)4/h3*10-24,29H,5-9,25H2,1-4H3;/q3*+1;-3. The van der Waals surface area contributed by atoms with E-state index in [1.165, 1.54) is 88.6 Å². The Balaban J connectivity index is 0.000000223. The van der Waals surface area contributed by atoms with Crippen LogP contribution < -0.4 is 15.1 Å². The third-order valence-corrected chi connectivity index (χ3v) is 22.6. The van der Waals surface area contributed by atoms with Crippen LogP contribution in [0.5, 0.6) is 0 Å². The van der Waals surface area contributed by atoms with E-state index in [1.807, 2.05) is 0 Å². The predicted octanol–water partition coefficient (Wildman–Crippen LogP) is 19.4. The maximum atomic E-state index is 8.42. The molecular formula is C90H120BN3O3. The second-order valence-electron chi connectivity index (χ2n) is 26.7. The normalized spacial score (nSPS) is 12.9. The number of hydrogen-bond donors (Lipinski definition) is 0. The summed E-state index contributed by atoms with van der Waals surface area (Å²) in [5.41, 5.74) is 12.8. The molecule has 0 aliphatic carbocycles. The second-order valence-corrected chi connectivity index (χ2v) is 26.7. The van der Waals surface area contributed by atoms with Gasteiger partial charge in [0.25, 0.3) is 0 Å². The van der Waals surface area contributed by atoms with Crippen LogP contribution in [0.4, 0.5) is 0 Å². The van der Waals surface area contributed by atoms with Gasteiger partial charge in [0, 0.05) is 16.7 Å². The summed E-state index contributed by atoms with van der Waals surface area (Å²) in [6.45, 7) is 38.5. The lowest BCUT2D eigenvalue weighted by molar-refractivity contribution is -0.957. The van der Waals surface area contributed by atoms with E-state index in [0.717, 1.165) is 91.6 Å². The van der Waals surface area contributed by atoms with Crippen molar-refractivity contribution in [2.75, 3.05) is 58.9 Å². The van der Waals surface area contributed by atoms with Crippen molar-refractivity contribution in [3.05, 3.63) is 323 Å². The highest BCUT2D eigenvalue weighted by atomic mass is 16.5. The van der Waals surface area contributed by atoms with Crippen LogP contribution in [-0.4, -0.2) is 79.7 Å². The lowest BCUT2D eigenvalue weighted by Gasteiger charge is -2.53. The molecule has 516 valence electrons. The van der Waals surface area contributed by atoms with E-state index in [1.54, 1.807) is 0 Å². The van der Waals surface area contributed by atoms with Crippen molar-refractivity contribution in [2.24, 2.45) is 0 Å². The van der Waals surface area contributed by atoms with Gasteiger partial charge >= 0.3 is 0 Å². The fourth-order valence-electron chi connectivity index (χ4n) is 17.3. The monoisotopic (exact) mass is 1300 g/mol. The number of benzene rings is 9. The van der Waals surface area contributed by atoms with E-state index in [4.69, 9.17) is 15.1 Å². The van der Waals surface area contributed by atoms with Crippen LogP contribution in [0.3, 0.4) is 0 Å². The molecule has 6 nitrogen and oxygen atoms in total. The Morgan fingerprint density at radius 2 is 0.371 bits per heavy atom. The van der Waals surface area contributed by atoms with E-state index < -0.39 is 7.32 Å². The van der Waals surface area contributed by atoms with Gasteiger partial charge in [-0.15, -0.1) is 0 Å². The van der Waals surface area contributed by atoms with Gasteiger partial charge < -0.3 is 28.5 Å². The summed E-state index contributed by atoms with van der Waals surface area (Å²) in [5, 5.41) is 25.2. The van der Waals surface area contributed by atoms with Crippen molar-refractivity contribution in [3.63, 3.8) is 0 Å². The minimum Gasteiger partial charge on any atom is -0.907 e. The lowest BCUT2D eigenvalue weighted by Crippen LogP contribution is -2.58. The van der Waals surface area contributed by atoms with Crippen molar-refractivity contribution < 1.29 is 28.5 Å². The van der Waals surface area contributed by atoms with Gasteiger partial charge in [0.2, 0.25) is 0 Å². The van der Waals surface area contributed by atoms with Crippen molar-refractivity contribution in [3.8, 4) is 0 Å². The van der Waals surface area contributed by atoms with Crippen molar-refractivity contribution in [2.45, 2.75) is 175 Å². The molecule has 9 rings (SSSR count). The molecule has 0 aliphatic heterocycles. The molecular weight excluding hydrogens is 1180 g/mol. The molecule has 0 N–H and O–H groups in total. The van der Waals surface area contributed by atoms with Crippen molar-refractivity contribution >= 4 is 7.32 Å². The zero-order chi connectivity index (χ0) is 70.1. The Labute approximate surface area is 589 Å². The first kappa shape index (κ1) is 78.8. The summed E-state index contributed by atoms with van der Waals surface area (Å²) in [6.07, 6.45) is 10.7. The summed E-state index contributed by atoms with van der Waals surface area (Å²) in [7, 11) is -2.92. The van der Waals surface area contributed by atoms with Crippen molar-refractivity contribution in [1.82, 2.24) is 0 Å². The van der Waals surface area contributed by atoms with Gasteiger partial charge in [0.05, 0.1) is 75.1 Å². The zero-order valence-electron chi connectivity index (χ0n) is 61.6. The third kappa shape index (κ3) is 18.4. The first-order chi connectivity index (χ1) is 47.3. The smallest absolute Gasteiger partial charge is 0.129 e. The van der Waals surface area contributed by atoms with Crippen LogP contribution in [0.2, 0.25) is 0 Å². The Morgan fingerprint density at radius 3 is 0.495 bits per heavy atom. The minimum atomic E-state index is -2.92. The Hall–Kier alpha value is -7.20. The van der Waals surface area contributed by atoms with Crippen LogP contribution >= 0.6 is 0 Å². The van der Waals surface area contributed by atoms with Crippen molar-refractivity contribution in [1.29, 1.82) is 0 Å². The number of likely N-dealkylation sites (N-methyl/N-ethyl adjacent to an activating group) is 3. The van der Waals surface area contributed by atoms with Gasteiger partial charge in [-0.2, -0.15) is 0 Å². The second kappa shape index (κ2) is 40.0. The molecule has 0 spiro atoms. The summed E-state index contributed by atoms with van der Waals surface area (Å²) >= 11 is 0. The zero-order valence-corrected chi connectivity index (χ0v) is 61.6. The number of quaternary nitrogens is 3. The van der Waals surface area contributed by atoms with Gasteiger partial charge in [-0.05, 0) is 115 Å². The molecule has 3 unspecified atom stereocenters. The van der Waals surface area contributed by atoms with Crippen LogP contribution in [0.1, 0.15) is 209 Å². The number of unbranched alkanes of at least 4 members (excludes halogenated alkanes) is 3. The van der Waals surface area contributed by atoms with Crippen LogP contribution in [-0.2, 0) is 16.2 Å². The molecule has 0 radical (unpaired) electrons. The topological polar surface area (TPSA) is 69.2 Å². The lowest BCUT2D eigenvalue weighted by atomic mass is 9.63. The highest BCUT2D eigenvalue weighted by Crippen LogP contribution is 2.56. The molecule has 0 heterocycles. The molecule has 0 saturated heterocycles. The fourth-order valence-corrected chi connectivity index (χ4v) is 17.3. The van der Waals surface area contributed by atoms with Crippen LogP contribution in [0.15, 0.2) is 273 Å². The number of nitrogens with zero attached hydrogens (tertiary/aromatic N) is 3. The minimum absolute atomic E-state index is 0.0814. The molecule has 0 fully saturated rings. The summed E-state index contributed by atoms with van der Waals surface area (Å²) < 4.78 is 3.24. The molecule has 3 atom stereocenters. The van der Waals surface area contributed by atoms with Gasteiger partial charge in [-0.1, -0.05) is 332 Å². The molecule has 0 amide bonds. The third-order valence-electron chi connectivity index (χ3n) is 22.6. The summed E-state index contributed by atoms with van der Waals surface area (Å²) in [4.78, 5) is 0.